The molecule has 0 amide bonds. The quantitative estimate of drug-likeness (QED) is 0.425. The highest BCUT2D eigenvalue weighted by molar-refractivity contribution is 6.01. The minimum Gasteiger partial charge on any atom is -0.356 e. The first-order valence-electron chi connectivity index (χ1n) is 10.1. The maximum absolute atomic E-state index is 13.2. The average molecular weight is 408 g/mol. The number of aromatic nitrogens is 2. The van der Waals surface area contributed by atoms with Crippen LogP contribution in [0.1, 0.15) is 23.4 Å². The predicted octanol–water partition coefficient (Wildman–Crippen LogP) is 6.24. The van der Waals surface area contributed by atoms with Crippen molar-refractivity contribution in [2.75, 3.05) is 5.32 Å². The number of aliphatic imine (C=N–C) groups is 1. The monoisotopic (exact) mass is 408 g/mol. The molecule has 3 heterocycles. The molecule has 5 heteroatoms. The van der Waals surface area contributed by atoms with E-state index in [0.29, 0.717) is 0 Å². The molecular formula is C26H21FN4. The number of allylic oxidation sites excluding steroid dienone is 1. The Morgan fingerprint density at radius 1 is 1.13 bits per heavy atom. The molecule has 0 spiro atoms. The molecule has 4 aromatic rings. The summed E-state index contributed by atoms with van der Waals surface area (Å²) in [6.45, 7) is 6.27. The van der Waals surface area contributed by atoms with E-state index in [1.54, 1.807) is 12.1 Å². The van der Waals surface area contributed by atoms with Crippen molar-refractivity contribution in [3.63, 3.8) is 0 Å². The van der Waals surface area contributed by atoms with E-state index in [-0.39, 0.29) is 5.82 Å². The van der Waals surface area contributed by atoms with Crippen molar-refractivity contribution < 1.29 is 4.39 Å². The maximum atomic E-state index is 13.2. The lowest BCUT2D eigenvalue weighted by molar-refractivity contribution is 0.628. The van der Waals surface area contributed by atoms with Crippen LogP contribution in [0.25, 0.3) is 22.3 Å². The molecule has 0 atom stereocenters. The van der Waals surface area contributed by atoms with Gasteiger partial charge in [-0.1, -0.05) is 30.9 Å². The smallest absolute Gasteiger partial charge is 0.159 e. The van der Waals surface area contributed by atoms with Crippen molar-refractivity contribution in [2.24, 2.45) is 4.99 Å². The summed E-state index contributed by atoms with van der Waals surface area (Å²) in [7, 11) is 0. The standard InChI is InChI=1S/C26H21FN4/c1-17-7-8-19(15-23(17)18(2)30-21-11-9-20(27)10-12-21)22-5-4-14-31-25(22)16-29-26(31)24-6-3-13-28-24/h3-5,7-16,30H,2,6H2,1H3. The molecule has 0 aliphatic carbocycles. The van der Waals surface area contributed by atoms with Crippen molar-refractivity contribution in [3.05, 3.63) is 109 Å². The first-order valence-corrected chi connectivity index (χ1v) is 10.1. The van der Waals surface area contributed by atoms with Gasteiger partial charge in [0.25, 0.3) is 0 Å². The number of halogens is 1. The van der Waals surface area contributed by atoms with E-state index in [2.05, 4.69) is 57.5 Å². The summed E-state index contributed by atoms with van der Waals surface area (Å²) in [6, 6.07) is 16.7. The first kappa shape index (κ1) is 19.0. The molecule has 0 radical (unpaired) electrons. The van der Waals surface area contributed by atoms with Gasteiger partial charge in [-0.05, 0) is 54.4 Å². The van der Waals surface area contributed by atoms with Crippen molar-refractivity contribution in [1.82, 2.24) is 9.38 Å². The Bertz CT molecular complexity index is 1360. The third-order valence-electron chi connectivity index (χ3n) is 5.49. The minimum atomic E-state index is -0.262. The zero-order valence-electron chi connectivity index (χ0n) is 17.1. The van der Waals surface area contributed by atoms with Crippen molar-refractivity contribution in [2.45, 2.75) is 13.3 Å². The highest BCUT2D eigenvalue weighted by Gasteiger charge is 2.15. The van der Waals surface area contributed by atoms with Gasteiger partial charge in [0.15, 0.2) is 5.82 Å². The summed E-state index contributed by atoms with van der Waals surface area (Å²) in [5.41, 5.74) is 7.83. The van der Waals surface area contributed by atoms with Gasteiger partial charge < -0.3 is 5.32 Å². The van der Waals surface area contributed by atoms with E-state index in [1.165, 1.54) is 12.1 Å². The van der Waals surface area contributed by atoms with Crippen LogP contribution in [-0.2, 0) is 0 Å². The lowest BCUT2D eigenvalue weighted by Gasteiger charge is -2.15. The van der Waals surface area contributed by atoms with Gasteiger partial charge in [-0.3, -0.25) is 9.39 Å². The molecule has 0 saturated carbocycles. The number of hydrogen-bond acceptors (Lipinski definition) is 3. The fourth-order valence-corrected chi connectivity index (χ4v) is 3.88. The second kappa shape index (κ2) is 7.69. The molecule has 1 N–H and O–H groups in total. The Kier molecular flexibility index (Phi) is 4.71. The van der Waals surface area contributed by atoms with Crippen molar-refractivity contribution in [3.8, 4) is 11.1 Å². The van der Waals surface area contributed by atoms with E-state index in [4.69, 9.17) is 0 Å². The Morgan fingerprint density at radius 2 is 1.97 bits per heavy atom. The third-order valence-corrected chi connectivity index (χ3v) is 5.49. The molecule has 2 aromatic heterocycles. The van der Waals surface area contributed by atoms with E-state index >= 15 is 0 Å². The molecule has 152 valence electrons. The summed E-state index contributed by atoms with van der Waals surface area (Å²) >= 11 is 0. The van der Waals surface area contributed by atoms with Crippen LogP contribution in [0.5, 0.6) is 0 Å². The number of rotatable bonds is 5. The molecule has 1 aliphatic heterocycles. The molecule has 1 aliphatic rings. The molecular weight excluding hydrogens is 387 g/mol. The van der Waals surface area contributed by atoms with Gasteiger partial charge in [-0.15, -0.1) is 0 Å². The number of nitrogens with zero attached hydrogens (tertiary/aromatic N) is 3. The molecule has 0 fully saturated rings. The van der Waals surface area contributed by atoms with Crippen LogP contribution >= 0.6 is 0 Å². The Hall–Kier alpha value is -3.99. The number of nitrogens with one attached hydrogen (secondary N) is 1. The lowest BCUT2D eigenvalue weighted by Crippen LogP contribution is -2.04. The Balaban J connectivity index is 1.52. The number of benzene rings is 2. The number of pyridine rings is 1. The summed E-state index contributed by atoms with van der Waals surface area (Å²) in [5.74, 6) is 0.610. The highest BCUT2D eigenvalue weighted by Crippen LogP contribution is 2.30. The average Bonchev–Trinajstić information content (AvgIpc) is 3.45. The van der Waals surface area contributed by atoms with Crippen LogP contribution < -0.4 is 5.32 Å². The normalized spacial score (nSPS) is 12.9. The summed E-state index contributed by atoms with van der Waals surface area (Å²) in [6.07, 6.45) is 8.58. The van der Waals surface area contributed by atoms with Crippen LogP contribution in [0.4, 0.5) is 10.1 Å². The van der Waals surface area contributed by atoms with Gasteiger partial charge in [0, 0.05) is 41.3 Å². The number of anilines is 1. The fraction of sp³-hybridized carbons (Fsp3) is 0.0769. The second-order valence-electron chi connectivity index (χ2n) is 7.56. The number of aryl methyl sites for hydroxylation is 1. The summed E-state index contributed by atoms with van der Waals surface area (Å²) in [4.78, 5) is 9.07. The second-order valence-corrected chi connectivity index (χ2v) is 7.56. The predicted molar refractivity (Wildman–Crippen MR) is 125 cm³/mol. The van der Waals surface area contributed by atoms with Crippen LogP contribution in [0, 0.1) is 12.7 Å². The topological polar surface area (TPSA) is 41.7 Å². The molecule has 2 aromatic carbocycles. The van der Waals surface area contributed by atoms with Crippen LogP contribution in [0.2, 0.25) is 0 Å². The van der Waals surface area contributed by atoms with Gasteiger partial charge in [0.2, 0.25) is 0 Å². The lowest BCUT2D eigenvalue weighted by atomic mass is 9.98. The number of imidazole rings is 1. The largest absolute Gasteiger partial charge is 0.356 e. The van der Waals surface area contributed by atoms with Gasteiger partial charge in [0.1, 0.15) is 5.82 Å². The van der Waals surface area contributed by atoms with E-state index in [1.807, 2.05) is 30.7 Å². The SMILES string of the molecule is C=C(Nc1ccc(F)cc1)c1cc(-c2cccn3c(C4=NC=CC4)ncc23)ccc1C. The van der Waals surface area contributed by atoms with Crippen LogP contribution in [0.15, 0.2) is 90.8 Å². The fourth-order valence-electron chi connectivity index (χ4n) is 3.88. The summed E-state index contributed by atoms with van der Waals surface area (Å²) in [5, 5.41) is 3.28. The highest BCUT2D eigenvalue weighted by atomic mass is 19.1. The van der Waals surface area contributed by atoms with E-state index in [0.717, 1.165) is 57.1 Å². The van der Waals surface area contributed by atoms with Gasteiger partial charge in [0.05, 0.1) is 17.4 Å². The van der Waals surface area contributed by atoms with Crippen LogP contribution in [0.3, 0.4) is 0 Å². The third kappa shape index (κ3) is 3.55. The Morgan fingerprint density at radius 3 is 2.74 bits per heavy atom. The van der Waals surface area contributed by atoms with Gasteiger partial charge in [-0.25, -0.2) is 9.37 Å². The minimum absolute atomic E-state index is 0.262. The van der Waals surface area contributed by atoms with Crippen molar-refractivity contribution in [1.29, 1.82) is 0 Å². The van der Waals surface area contributed by atoms with Gasteiger partial charge in [-0.2, -0.15) is 0 Å². The molecule has 0 unspecified atom stereocenters. The van der Waals surface area contributed by atoms with E-state index < -0.39 is 0 Å². The Labute approximate surface area is 180 Å². The molecule has 0 bridgehead atoms. The first-order chi connectivity index (χ1) is 15.1. The van der Waals surface area contributed by atoms with E-state index in [9.17, 15) is 4.39 Å². The molecule has 4 nitrogen and oxygen atoms in total. The van der Waals surface area contributed by atoms with Crippen LogP contribution in [-0.4, -0.2) is 15.1 Å². The summed E-state index contributed by atoms with van der Waals surface area (Å²) < 4.78 is 15.3. The molecule has 31 heavy (non-hydrogen) atoms. The number of hydrogen-bond donors (Lipinski definition) is 1. The maximum Gasteiger partial charge on any atom is 0.159 e. The molecule has 0 saturated heterocycles. The van der Waals surface area contributed by atoms with Crippen molar-refractivity contribution >= 4 is 22.6 Å². The zero-order valence-corrected chi connectivity index (χ0v) is 17.1. The van der Waals surface area contributed by atoms with Gasteiger partial charge >= 0.3 is 0 Å². The molecule has 5 rings (SSSR count). The number of fused-ring (bicyclic) bond motifs is 1. The zero-order chi connectivity index (χ0) is 21.4.